The third-order valence-corrected chi connectivity index (χ3v) is 3.86. The van der Waals surface area contributed by atoms with Crippen LogP contribution in [0.25, 0.3) is 0 Å². The van der Waals surface area contributed by atoms with Crippen molar-refractivity contribution in [2.24, 2.45) is 5.41 Å². The van der Waals surface area contributed by atoms with Crippen molar-refractivity contribution in [3.05, 3.63) is 0 Å². The van der Waals surface area contributed by atoms with Gasteiger partial charge in [0, 0.05) is 13.1 Å². The summed E-state index contributed by atoms with van der Waals surface area (Å²) in [5, 5.41) is 3.54. The van der Waals surface area contributed by atoms with Crippen LogP contribution < -0.4 is 5.32 Å². The Labute approximate surface area is 102 Å². The number of nitrogens with zero attached hydrogens (tertiary/aromatic N) is 1. The van der Waals surface area contributed by atoms with Crippen molar-refractivity contribution in [2.75, 3.05) is 33.2 Å². The van der Waals surface area contributed by atoms with Gasteiger partial charge in [-0.3, -0.25) is 0 Å². The average molecular weight is 226 g/mol. The second-order valence-electron chi connectivity index (χ2n) is 5.62. The normalized spacial score (nSPS) is 25.5. The largest absolute Gasteiger partial charge is 0.316 e. The van der Waals surface area contributed by atoms with Crippen LogP contribution >= 0.6 is 0 Å². The summed E-state index contributed by atoms with van der Waals surface area (Å²) in [6.07, 6.45) is 8.16. The lowest BCUT2D eigenvalue weighted by Gasteiger charge is -2.33. The summed E-state index contributed by atoms with van der Waals surface area (Å²) in [6, 6.07) is 0. The third kappa shape index (κ3) is 4.42. The fourth-order valence-corrected chi connectivity index (χ4v) is 3.04. The minimum absolute atomic E-state index is 0.579. The van der Waals surface area contributed by atoms with E-state index < -0.39 is 0 Å². The molecule has 0 bridgehead atoms. The van der Waals surface area contributed by atoms with Gasteiger partial charge in [-0.05, 0) is 44.8 Å². The first kappa shape index (κ1) is 14.0. The molecule has 0 aromatic heterocycles. The molecule has 1 fully saturated rings. The lowest BCUT2D eigenvalue weighted by Crippen LogP contribution is -2.37. The van der Waals surface area contributed by atoms with Crippen molar-refractivity contribution >= 4 is 0 Å². The number of nitrogens with one attached hydrogen (secondary N) is 1. The van der Waals surface area contributed by atoms with Gasteiger partial charge in [-0.25, -0.2) is 0 Å². The van der Waals surface area contributed by atoms with Crippen LogP contribution in [0.15, 0.2) is 0 Å². The summed E-state index contributed by atoms with van der Waals surface area (Å²) in [5.74, 6) is 0. The summed E-state index contributed by atoms with van der Waals surface area (Å²) in [5.41, 5.74) is 0.579. The Bertz CT molecular complexity index is 174. The van der Waals surface area contributed by atoms with E-state index >= 15 is 0 Å². The molecule has 16 heavy (non-hydrogen) atoms. The van der Waals surface area contributed by atoms with Crippen molar-refractivity contribution in [3.63, 3.8) is 0 Å². The first-order chi connectivity index (χ1) is 7.72. The Balaban J connectivity index is 2.30. The van der Waals surface area contributed by atoms with Gasteiger partial charge in [0.2, 0.25) is 0 Å². The number of unbranched alkanes of at least 4 members (excludes halogenated alkanes) is 2. The molecule has 1 aliphatic rings. The zero-order chi connectivity index (χ0) is 11.9. The molecule has 2 nitrogen and oxygen atoms in total. The fourth-order valence-electron chi connectivity index (χ4n) is 3.04. The quantitative estimate of drug-likeness (QED) is 0.640. The first-order valence-corrected chi connectivity index (χ1v) is 7.12. The Morgan fingerprint density at radius 3 is 2.56 bits per heavy atom. The molecule has 1 aliphatic heterocycles. The lowest BCUT2D eigenvalue weighted by molar-refractivity contribution is 0.175. The lowest BCUT2D eigenvalue weighted by atomic mass is 9.82. The van der Waals surface area contributed by atoms with Crippen molar-refractivity contribution in [1.82, 2.24) is 10.2 Å². The second kappa shape index (κ2) is 7.29. The van der Waals surface area contributed by atoms with Crippen molar-refractivity contribution in [3.8, 4) is 0 Å². The molecule has 1 saturated heterocycles. The Hall–Kier alpha value is -0.0800. The molecule has 96 valence electrons. The van der Waals surface area contributed by atoms with Gasteiger partial charge in [-0.15, -0.1) is 0 Å². The highest BCUT2D eigenvalue weighted by Gasteiger charge is 2.33. The maximum atomic E-state index is 3.54. The highest BCUT2D eigenvalue weighted by Crippen LogP contribution is 2.31. The SMILES string of the molecule is CCCCCN(C)CC1(CCC)CCNC1. The van der Waals surface area contributed by atoms with Crippen LogP contribution in [0, 0.1) is 5.41 Å². The summed E-state index contributed by atoms with van der Waals surface area (Å²) >= 11 is 0. The summed E-state index contributed by atoms with van der Waals surface area (Å²) < 4.78 is 0. The molecule has 1 atom stereocenters. The zero-order valence-electron chi connectivity index (χ0n) is 11.5. The standard InChI is InChI=1S/C14H30N2/c1-4-6-7-11-16(3)13-14(8-5-2)9-10-15-12-14/h15H,4-13H2,1-3H3. The Morgan fingerprint density at radius 2 is 2.00 bits per heavy atom. The van der Waals surface area contributed by atoms with Crippen LogP contribution in [-0.2, 0) is 0 Å². The van der Waals surface area contributed by atoms with Crippen molar-refractivity contribution < 1.29 is 0 Å². The number of rotatable bonds is 8. The van der Waals surface area contributed by atoms with Gasteiger partial charge in [0.15, 0.2) is 0 Å². The number of hydrogen-bond acceptors (Lipinski definition) is 2. The molecule has 0 amide bonds. The van der Waals surface area contributed by atoms with E-state index in [-0.39, 0.29) is 0 Å². The monoisotopic (exact) mass is 226 g/mol. The van der Waals surface area contributed by atoms with Crippen LogP contribution in [0.3, 0.4) is 0 Å². The van der Waals surface area contributed by atoms with Gasteiger partial charge in [0.25, 0.3) is 0 Å². The summed E-state index contributed by atoms with van der Waals surface area (Å²) in [6.45, 7) is 9.62. The Morgan fingerprint density at radius 1 is 1.19 bits per heavy atom. The molecular weight excluding hydrogens is 196 g/mol. The molecular formula is C14H30N2. The summed E-state index contributed by atoms with van der Waals surface area (Å²) in [7, 11) is 2.30. The molecule has 1 heterocycles. The molecule has 1 unspecified atom stereocenters. The molecule has 0 saturated carbocycles. The van der Waals surface area contributed by atoms with Crippen molar-refractivity contribution in [2.45, 2.75) is 52.4 Å². The molecule has 0 aromatic rings. The van der Waals surface area contributed by atoms with Crippen molar-refractivity contribution in [1.29, 1.82) is 0 Å². The third-order valence-electron chi connectivity index (χ3n) is 3.86. The average Bonchev–Trinajstić information content (AvgIpc) is 2.67. The van der Waals surface area contributed by atoms with E-state index in [1.807, 2.05) is 0 Å². The van der Waals surface area contributed by atoms with Crippen LogP contribution in [0.2, 0.25) is 0 Å². The predicted molar refractivity (Wildman–Crippen MR) is 71.8 cm³/mol. The van der Waals surface area contributed by atoms with E-state index in [1.54, 1.807) is 0 Å². The van der Waals surface area contributed by atoms with E-state index in [9.17, 15) is 0 Å². The smallest absolute Gasteiger partial charge is 0.00476 e. The summed E-state index contributed by atoms with van der Waals surface area (Å²) in [4.78, 5) is 2.55. The van der Waals surface area contributed by atoms with Gasteiger partial charge >= 0.3 is 0 Å². The minimum atomic E-state index is 0.579. The van der Waals surface area contributed by atoms with Crippen LogP contribution in [0.1, 0.15) is 52.4 Å². The van der Waals surface area contributed by atoms with E-state index in [2.05, 4.69) is 31.1 Å². The maximum absolute atomic E-state index is 3.54. The highest BCUT2D eigenvalue weighted by atomic mass is 15.1. The van der Waals surface area contributed by atoms with E-state index in [1.165, 1.54) is 64.7 Å². The van der Waals surface area contributed by atoms with Crippen LogP contribution in [0.4, 0.5) is 0 Å². The molecule has 1 rings (SSSR count). The van der Waals surface area contributed by atoms with Gasteiger partial charge in [-0.1, -0.05) is 33.1 Å². The fraction of sp³-hybridized carbons (Fsp3) is 1.00. The zero-order valence-corrected chi connectivity index (χ0v) is 11.5. The van der Waals surface area contributed by atoms with Gasteiger partial charge < -0.3 is 10.2 Å². The molecule has 2 heteroatoms. The van der Waals surface area contributed by atoms with E-state index in [4.69, 9.17) is 0 Å². The maximum Gasteiger partial charge on any atom is 0.00476 e. The molecule has 0 spiro atoms. The van der Waals surface area contributed by atoms with Gasteiger partial charge in [0.05, 0.1) is 0 Å². The second-order valence-corrected chi connectivity index (χ2v) is 5.62. The van der Waals surface area contributed by atoms with Crippen LogP contribution in [-0.4, -0.2) is 38.1 Å². The van der Waals surface area contributed by atoms with Crippen LogP contribution in [0.5, 0.6) is 0 Å². The molecule has 0 aliphatic carbocycles. The topological polar surface area (TPSA) is 15.3 Å². The number of hydrogen-bond donors (Lipinski definition) is 1. The molecule has 1 N–H and O–H groups in total. The first-order valence-electron chi connectivity index (χ1n) is 7.12. The molecule has 0 aromatic carbocycles. The molecule has 0 radical (unpaired) electrons. The highest BCUT2D eigenvalue weighted by molar-refractivity contribution is 4.89. The van der Waals surface area contributed by atoms with E-state index in [0.29, 0.717) is 5.41 Å². The van der Waals surface area contributed by atoms with Gasteiger partial charge in [0.1, 0.15) is 0 Å². The van der Waals surface area contributed by atoms with E-state index in [0.717, 1.165) is 0 Å². The predicted octanol–water partition coefficient (Wildman–Crippen LogP) is 2.89. The minimum Gasteiger partial charge on any atom is -0.316 e. The van der Waals surface area contributed by atoms with Gasteiger partial charge in [-0.2, -0.15) is 0 Å². The Kier molecular flexibility index (Phi) is 6.37.